The predicted molar refractivity (Wildman–Crippen MR) is 107 cm³/mol. The zero-order valence-electron chi connectivity index (χ0n) is 15.0. The summed E-state index contributed by atoms with van der Waals surface area (Å²) in [7, 11) is 0. The minimum atomic E-state index is -0.595. The van der Waals surface area contributed by atoms with Gasteiger partial charge in [0.25, 0.3) is 0 Å². The normalized spacial score (nSPS) is 12.1. The minimum absolute atomic E-state index is 0.0139. The van der Waals surface area contributed by atoms with Gasteiger partial charge in [0.15, 0.2) is 0 Å². The van der Waals surface area contributed by atoms with Crippen molar-refractivity contribution in [2.75, 3.05) is 0 Å². The van der Waals surface area contributed by atoms with E-state index in [0.717, 1.165) is 34.9 Å². The summed E-state index contributed by atoms with van der Waals surface area (Å²) in [5, 5.41) is 3.23. The second-order valence-corrected chi connectivity index (χ2v) is 6.61. The number of benzene rings is 2. The van der Waals surface area contributed by atoms with Crippen molar-refractivity contribution in [2.24, 2.45) is 0 Å². The van der Waals surface area contributed by atoms with E-state index >= 15 is 0 Å². The number of aromatic nitrogens is 1. The largest absolute Gasteiger partial charge is 0.346 e. The summed E-state index contributed by atoms with van der Waals surface area (Å²) in [6.45, 7) is 1.84. The molecule has 1 heterocycles. The molecule has 142 valence electrons. The smallest absolute Gasteiger partial charge is 0.244 e. The van der Waals surface area contributed by atoms with Gasteiger partial charge >= 0.3 is 0 Å². The molecule has 0 spiro atoms. The molecular weight excluding hydrogens is 382 g/mol. The predicted octanol–water partition coefficient (Wildman–Crippen LogP) is 5.57. The Morgan fingerprint density at radius 3 is 2.68 bits per heavy atom. The summed E-state index contributed by atoms with van der Waals surface area (Å²) in [5.41, 5.74) is 2.76. The lowest BCUT2D eigenvalue weighted by molar-refractivity contribution is -0.117. The molecule has 1 atom stereocenters. The molecule has 0 aliphatic rings. The Hall–Kier alpha value is -3.05. The molecule has 0 fully saturated rings. The molecule has 3 rings (SSSR count). The molecule has 6 heteroatoms. The van der Waals surface area contributed by atoms with Crippen molar-refractivity contribution < 1.29 is 13.6 Å². The zero-order valence-corrected chi connectivity index (χ0v) is 15.8. The fourth-order valence-electron chi connectivity index (χ4n) is 2.69. The lowest BCUT2D eigenvalue weighted by Gasteiger charge is -2.14. The van der Waals surface area contributed by atoms with Gasteiger partial charge in [0, 0.05) is 23.4 Å². The number of rotatable bonds is 5. The molecule has 28 heavy (non-hydrogen) atoms. The maximum atomic E-state index is 13.6. The van der Waals surface area contributed by atoms with E-state index < -0.39 is 17.5 Å². The highest BCUT2D eigenvalue weighted by Crippen LogP contribution is 2.23. The standard InChI is InChI=1S/C22H17ClF2N2O/c1-14(27-22(28)10-6-17-12-19(24)7-8-20(17)25)15-3-2-4-16(11-15)18-5-9-21(23)26-13-18/h2-14H,1H3,(H,27,28). The van der Waals surface area contributed by atoms with Crippen molar-refractivity contribution in [1.29, 1.82) is 0 Å². The lowest BCUT2D eigenvalue weighted by Crippen LogP contribution is -2.24. The third kappa shape index (κ3) is 5.02. The maximum Gasteiger partial charge on any atom is 0.244 e. The lowest BCUT2D eigenvalue weighted by atomic mass is 10.0. The second kappa shape index (κ2) is 8.76. The highest BCUT2D eigenvalue weighted by Gasteiger charge is 2.09. The van der Waals surface area contributed by atoms with Crippen LogP contribution in [0.15, 0.2) is 66.9 Å². The van der Waals surface area contributed by atoms with E-state index in [1.165, 1.54) is 12.2 Å². The van der Waals surface area contributed by atoms with Crippen LogP contribution in [0.3, 0.4) is 0 Å². The molecule has 2 aromatic carbocycles. The van der Waals surface area contributed by atoms with Crippen LogP contribution in [0.4, 0.5) is 8.78 Å². The summed E-state index contributed by atoms with van der Waals surface area (Å²) in [5.74, 6) is -1.57. The van der Waals surface area contributed by atoms with E-state index in [4.69, 9.17) is 11.6 Å². The van der Waals surface area contributed by atoms with Gasteiger partial charge in [-0.3, -0.25) is 4.79 Å². The molecule has 1 N–H and O–H groups in total. The van der Waals surface area contributed by atoms with Gasteiger partial charge in [-0.05, 0) is 60.5 Å². The SMILES string of the molecule is CC(NC(=O)C=Cc1cc(F)ccc1F)c1cccc(-c2ccc(Cl)nc2)c1. The maximum absolute atomic E-state index is 13.6. The van der Waals surface area contributed by atoms with Gasteiger partial charge in [-0.15, -0.1) is 0 Å². The zero-order chi connectivity index (χ0) is 20.1. The molecule has 0 bridgehead atoms. The number of hydrogen-bond donors (Lipinski definition) is 1. The summed E-state index contributed by atoms with van der Waals surface area (Å²) in [4.78, 5) is 16.2. The van der Waals surface area contributed by atoms with Gasteiger partial charge in [0.05, 0.1) is 6.04 Å². The van der Waals surface area contributed by atoms with Crippen LogP contribution in [-0.4, -0.2) is 10.9 Å². The van der Waals surface area contributed by atoms with Gasteiger partial charge in [0.2, 0.25) is 5.91 Å². The summed E-state index contributed by atoms with van der Waals surface area (Å²) in [6.07, 6.45) is 4.11. The number of carbonyl (C=O) groups is 1. The minimum Gasteiger partial charge on any atom is -0.346 e. The average Bonchev–Trinajstić information content (AvgIpc) is 2.69. The molecule has 1 unspecified atom stereocenters. The highest BCUT2D eigenvalue weighted by atomic mass is 35.5. The fraction of sp³-hybridized carbons (Fsp3) is 0.0909. The molecule has 0 radical (unpaired) electrons. The Kier molecular flexibility index (Phi) is 6.16. The first-order valence-corrected chi connectivity index (χ1v) is 8.95. The van der Waals surface area contributed by atoms with E-state index in [1.807, 2.05) is 37.3 Å². The number of carbonyl (C=O) groups excluding carboxylic acids is 1. The number of nitrogens with zero attached hydrogens (tertiary/aromatic N) is 1. The van der Waals surface area contributed by atoms with Crippen LogP contribution in [0, 0.1) is 11.6 Å². The van der Waals surface area contributed by atoms with Gasteiger partial charge in [-0.1, -0.05) is 29.8 Å². The molecule has 0 aliphatic heterocycles. The second-order valence-electron chi connectivity index (χ2n) is 6.22. The molecule has 0 aliphatic carbocycles. The first kappa shape index (κ1) is 19.7. The van der Waals surface area contributed by atoms with Gasteiger partial charge < -0.3 is 5.32 Å². The molecule has 3 nitrogen and oxygen atoms in total. The molecule has 1 aromatic heterocycles. The van der Waals surface area contributed by atoms with Crippen molar-refractivity contribution in [3.05, 3.63) is 94.8 Å². The van der Waals surface area contributed by atoms with Crippen LogP contribution in [0.25, 0.3) is 17.2 Å². The van der Waals surface area contributed by atoms with Crippen LogP contribution < -0.4 is 5.32 Å². The van der Waals surface area contributed by atoms with Crippen LogP contribution in [0.5, 0.6) is 0 Å². The molecule has 0 saturated carbocycles. The Balaban J connectivity index is 1.70. The molecule has 0 saturated heterocycles. The van der Waals surface area contributed by atoms with Gasteiger partial charge in [-0.25, -0.2) is 13.8 Å². The van der Waals surface area contributed by atoms with Crippen molar-refractivity contribution >= 4 is 23.6 Å². The summed E-state index contributed by atoms with van der Waals surface area (Å²) >= 11 is 5.82. The van der Waals surface area contributed by atoms with Gasteiger partial charge in [-0.2, -0.15) is 0 Å². The first-order valence-electron chi connectivity index (χ1n) is 8.58. The number of halogens is 3. The van der Waals surface area contributed by atoms with E-state index in [2.05, 4.69) is 10.3 Å². The number of nitrogens with one attached hydrogen (secondary N) is 1. The molecular formula is C22H17ClF2N2O. The fourth-order valence-corrected chi connectivity index (χ4v) is 2.80. The van der Waals surface area contributed by atoms with E-state index in [9.17, 15) is 13.6 Å². The van der Waals surface area contributed by atoms with Crippen LogP contribution >= 0.6 is 11.6 Å². The number of hydrogen-bond acceptors (Lipinski definition) is 2. The third-order valence-corrected chi connectivity index (χ3v) is 4.40. The topological polar surface area (TPSA) is 42.0 Å². The van der Waals surface area contributed by atoms with Crippen molar-refractivity contribution in [3.8, 4) is 11.1 Å². The first-order chi connectivity index (χ1) is 13.4. The Labute approximate surface area is 166 Å². The van der Waals surface area contributed by atoms with Gasteiger partial charge in [0.1, 0.15) is 16.8 Å². The van der Waals surface area contributed by atoms with Crippen molar-refractivity contribution in [3.63, 3.8) is 0 Å². The molecule has 3 aromatic rings. The number of amides is 1. The highest BCUT2D eigenvalue weighted by molar-refractivity contribution is 6.29. The average molecular weight is 399 g/mol. The van der Waals surface area contributed by atoms with Crippen LogP contribution in [0.1, 0.15) is 24.1 Å². The van der Waals surface area contributed by atoms with E-state index in [0.29, 0.717) is 5.15 Å². The Morgan fingerprint density at radius 2 is 1.93 bits per heavy atom. The van der Waals surface area contributed by atoms with Crippen molar-refractivity contribution in [1.82, 2.24) is 10.3 Å². The quantitative estimate of drug-likeness (QED) is 0.451. The Morgan fingerprint density at radius 1 is 1.11 bits per heavy atom. The third-order valence-electron chi connectivity index (χ3n) is 4.18. The summed E-state index contributed by atoms with van der Waals surface area (Å²) in [6, 6.07) is 14.1. The Bertz CT molecular complexity index is 1020. The van der Waals surface area contributed by atoms with Crippen LogP contribution in [0.2, 0.25) is 5.15 Å². The van der Waals surface area contributed by atoms with Crippen molar-refractivity contribution in [2.45, 2.75) is 13.0 Å². The number of pyridine rings is 1. The summed E-state index contributed by atoms with van der Waals surface area (Å²) < 4.78 is 26.8. The molecule has 1 amide bonds. The van der Waals surface area contributed by atoms with E-state index in [1.54, 1.807) is 12.3 Å². The monoisotopic (exact) mass is 398 g/mol. The van der Waals surface area contributed by atoms with Crippen LogP contribution in [-0.2, 0) is 4.79 Å². The van der Waals surface area contributed by atoms with E-state index in [-0.39, 0.29) is 11.6 Å².